The predicted molar refractivity (Wildman–Crippen MR) is 125 cm³/mol. The molecule has 1 aromatic heterocycles. The molecule has 5 heteroatoms. The first kappa shape index (κ1) is 20.7. The Kier molecular flexibility index (Phi) is 5.64. The molecular weight excluding hydrogens is 398 g/mol. The van der Waals surface area contributed by atoms with Crippen LogP contribution < -0.4 is 5.32 Å². The van der Waals surface area contributed by atoms with Crippen molar-refractivity contribution in [1.82, 2.24) is 15.2 Å². The molecule has 3 aromatic rings. The standard InChI is InChI=1S/C27H29N3O2/c31-25(18-21-8-5-7-20-6-1-2-10-23(20)21)30-16-12-27(13-17-30)19-24(27)26(32)29-15-11-22-9-3-4-14-28-22/h1-10,14,24H,11-13,15-19H2,(H,29,32). The van der Waals surface area contributed by atoms with Crippen LogP contribution in [0.15, 0.2) is 66.9 Å². The Balaban J connectivity index is 1.11. The molecule has 32 heavy (non-hydrogen) atoms. The maximum Gasteiger partial charge on any atom is 0.227 e. The van der Waals surface area contributed by atoms with Crippen molar-refractivity contribution in [3.05, 3.63) is 78.1 Å². The van der Waals surface area contributed by atoms with Crippen molar-refractivity contribution < 1.29 is 9.59 Å². The Morgan fingerprint density at radius 3 is 2.59 bits per heavy atom. The van der Waals surface area contributed by atoms with E-state index < -0.39 is 0 Å². The second kappa shape index (κ2) is 8.73. The highest BCUT2D eigenvalue weighted by atomic mass is 16.2. The van der Waals surface area contributed by atoms with Gasteiger partial charge in [0.25, 0.3) is 0 Å². The number of nitrogens with zero attached hydrogens (tertiary/aromatic N) is 2. The van der Waals surface area contributed by atoms with Crippen LogP contribution in [0.3, 0.4) is 0 Å². The number of rotatable bonds is 6. The molecule has 5 nitrogen and oxygen atoms in total. The van der Waals surface area contributed by atoms with Gasteiger partial charge in [0.05, 0.1) is 6.42 Å². The summed E-state index contributed by atoms with van der Waals surface area (Å²) >= 11 is 0. The lowest BCUT2D eigenvalue weighted by molar-refractivity contribution is -0.132. The molecule has 2 aliphatic rings. The monoisotopic (exact) mass is 427 g/mol. The minimum absolute atomic E-state index is 0.0987. The zero-order valence-corrected chi connectivity index (χ0v) is 18.3. The Bertz CT molecular complexity index is 1110. The third kappa shape index (κ3) is 4.24. The number of benzene rings is 2. The molecule has 1 spiro atoms. The second-order valence-corrected chi connectivity index (χ2v) is 9.18. The number of fused-ring (bicyclic) bond motifs is 1. The van der Waals surface area contributed by atoms with Crippen LogP contribution in [0.4, 0.5) is 0 Å². The van der Waals surface area contributed by atoms with Gasteiger partial charge in [0.1, 0.15) is 0 Å². The van der Waals surface area contributed by atoms with Crippen molar-refractivity contribution in [1.29, 1.82) is 0 Å². The van der Waals surface area contributed by atoms with Gasteiger partial charge in [-0.1, -0.05) is 48.5 Å². The van der Waals surface area contributed by atoms with Crippen LogP contribution in [0.5, 0.6) is 0 Å². The Labute approximate surface area is 188 Å². The summed E-state index contributed by atoms with van der Waals surface area (Å²) in [5.74, 6) is 0.450. The summed E-state index contributed by atoms with van der Waals surface area (Å²) in [5, 5.41) is 5.41. The van der Waals surface area contributed by atoms with E-state index in [1.807, 2.05) is 41.3 Å². The first-order valence-corrected chi connectivity index (χ1v) is 11.6. The normalized spacial score (nSPS) is 19.1. The van der Waals surface area contributed by atoms with Gasteiger partial charge in [-0.3, -0.25) is 14.6 Å². The highest BCUT2D eigenvalue weighted by Gasteiger charge is 2.58. The quantitative estimate of drug-likeness (QED) is 0.652. The lowest BCUT2D eigenvalue weighted by atomic mass is 9.90. The summed E-state index contributed by atoms with van der Waals surface area (Å²) in [5.41, 5.74) is 2.19. The van der Waals surface area contributed by atoms with Crippen LogP contribution >= 0.6 is 0 Å². The number of carbonyl (C=O) groups excluding carboxylic acids is 2. The van der Waals surface area contributed by atoms with Gasteiger partial charge in [0, 0.05) is 43.9 Å². The molecule has 1 N–H and O–H groups in total. The van der Waals surface area contributed by atoms with E-state index in [4.69, 9.17) is 0 Å². The molecule has 1 aliphatic carbocycles. The predicted octanol–water partition coefficient (Wildman–Crippen LogP) is 3.76. The third-order valence-electron chi connectivity index (χ3n) is 7.25. The van der Waals surface area contributed by atoms with Crippen molar-refractivity contribution >= 4 is 22.6 Å². The molecule has 5 rings (SSSR count). The first-order chi connectivity index (χ1) is 15.6. The SMILES string of the molecule is O=C(NCCc1ccccn1)C1CC12CCN(C(=O)Cc1cccc3ccccc13)CC2. The van der Waals surface area contributed by atoms with E-state index in [-0.39, 0.29) is 23.1 Å². The number of likely N-dealkylation sites (tertiary alicyclic amines) is 1. The molecular formula is C27H29N3O2. The van der Waals surface area contributed by atoms with Crippen LogP contribution in [0, 0.1) is 11.3 Å². The molecule has 1 aliphatic heterocycles. The Hall–Kier alpha value is -3.21. The summed E-state index contributed by atoms with van der Waals surface area (Å²) < 4.78 is 0. The summed E-state index contributed by atoms with van der Waals surface area (Å²) in [6, 6.07) is 20.2. The third-order valence-corrected chi connectivity index (χ3v) is 7.25. The number of hydrogen-bond donors (Lipinski definition) is 1. The second-order valence-electron chi connectivity index (χ2n) is 9.18. The Morgan fingerprint density at radius 2 is 1.78 bits per heavy atom. The van der Waals surface area contributed by atoms with Gasteiger partial charge < -0.3 is 10.2 Å². The number of carbonyl (C=O) groups is 2. The number of hydrogen-bond acceptors (Lipinski definition) is 3. The number of amides is 2. The van der Waals surface area contributed by atoms with Crippen LogP contribution in [-0.2, 0) is 22.4 Å². The molecule has 0 radical (unpaired) electrons. The average Bonchev–Trinajstić information content (AvgIpc) is 3.53. The fraction of sp³-hybridized carbons (Fsp3) is 0.370. The van der Waals surface area contributed by atoms with Crippen molar-refractivity contribution in [2.24, 2.45) is 11.3 Å². The fourth-order valence-corrected chi connectivity index (χ4v) is 5.18. The van der Waals surface area contributed by atoms with Crippen molar-refractivity contribution in [3.8, 4) is 0 Å². The maximum atomic E-state index is 13.0. The van der Waals surface area contributed by atoms with Gasteiger partial charge >= 0.3 is 0 Å². The van der Waals surface area contributed by atoms with Gasteiger partial charge in [-0.25, -0.2) is 0 Å². The largest absolute Gasteiger partial charge is 0.355 e. The van der Waals surface area contributed by atoms with E-state index in [1.165, 1.54) is 5.39 Å². The van der Waals surface area contributed by atoms with Crippen molar-refractivity contribution in [3.63, 3.8) is 0 Å². The maximum absolute atomic E-state index is 13.0. The number of aromatic nitrogens is 1. The van der Waals surface area contributed by atoms with E-state index in [9.17, 15) is 9.59 Å². The van der Waals surface area contributed by atoms with Gasteiger partial charge in [-0.05, 0) is 53.1 Å². The van der Waals surface area contributed by atoms with Crippen LogP contribution in [-0.4, -0.2) is 41.3 Å². The first-order valence-electron chi connectivity index (χ1n) is 11.6. The van der Waals surface area contributed by atoms with Crippen LogP contribution in [0.1, 0.15) is 30.5 Å². The summed E-state index contributed by atoms with van der Waals surface area (Å²) in [6.07, 6.45) is 5.77. The highest BCUT2D eigenvalue weighted by molar-refractivity contribution is 5.90. The number of nitrogens with one attached hydrogen (secondary N) is 1. The lowest BCUT2D eigenvalue weighted by Gasteiger charge is -2.33. The topological polar surface area (TPSA) is 62.3 Å². The van der Waals surface area contributed by atoms with Gasteiger partial charge in [0.15, 0.2) is 0 Å². The summed E-state index contributed by atoms with van der Waals surface area (Å²) in [7, 11) is 0. The molecule has 164 valence electrons. The van der Waals surface area contributed by atoms with E-state index in [0.29, 0.717) is 13.0 Å². The van der Waals surface area contributed by atoms with Crippen molar-refractivity contribution in [2.45, 2.75) is 32.1 Å². The van der Waals surface area contributed by atoms with Gasteiger partial charge in [0.2, 0.25) is 11.8 Å². The molecule has 2 fully saturated rings. The van der Waals surface area contributed by atoms with E-state index in [0.717, 1.165) is 55.4 Å². The molecule has 2 aromatic carbocycles. The van der Waals surface area contributed by atoms with E-state index >= 15 is 0 Å². The van der Waals surface area contributed by atoms with E-state index in [2.05, 4.69) is 34.6 Å². The van der Waals surface area contributed by atoms with Crippen molar-refractivity contribution in [2.75, 3.05) is 19.6 Å². The molecule has 1 saturated heterocycles. The molecule has 2 amide bonds. The minimum Gasteiger partial charge on any atom is -0.355 e. The minimum atomic E-state index is 0.0987. The summed E-state index contributed by atoms with van der Waals surface area (Å²) in [6.45, 7) is 2.13. The summed E-state index contributed by atoms with van der Waals surface area (Å²) in [4.78, 5) is 31.9. The van der Waals surface area contributed by atoms with Gasteiger partial charge in [-0.2, -0.15) is 0 Å². The molecule has 2 heterocycles. The average molecular weight is 428 g/mol. The zero-order chi connectivity index (χ0) is 22.0. The number of pyridine rings is 1. The molecule has 1 unspecified atom stereocenters. The smallest absolute Gasteiger partial charge is 0.227 e. The van der Waals surface area contributed by atoms with Crippen LogP contribution in [0.25, 0.3) is 10.8 Å². The molecule has 1 atom stereocenters. The Morgan fingerprint density at radius 1 is 1.00 bits per heavy atom. The molecule has 0 bridgehead atoms. The van der Waals surface area contributed by atoms with Gasteiger partial charge in [-0.15, -0.1) is 0 Å². The van der Waals surface area contributed by atoms with E-state index in [1.54, 1.807) is 6.20 Å². The lowest BCUT2D eigenvalue weighted by Crippen LogP contribution is -2.41. The highest BCUT2D eigenvalue weighted by Crippen LogP contribution is 2.59. The molecule has 1 saturated carbocycles. The zero-order valence-electron chi connectivity index (χ0n) is 18.3. The van der Waals surface area contributed by atoms with Crippen LogP contribution in [0.2, 0.25) is 0 Å². The number of piperidine rings is 1. The fourth-order valence-electron chi connectivity index (χ4n) is 5.18.